The van der Waals surface area contributed by atoms with Gasteiger partial charge in [0.15, 0.2) is 0 Å². The van der Waals surface area contributed by atoms with E-state index >= 15 is 0 Å². The van der Waals surface area contributed by atoms with E-state index in [4.69, 9.17) is 4.74 Å². The summed E-state index contributed by atoms with van der Waals surface area (Å²) in [5.74, 6) is 0.944. The SMILES string of the molecule is CC(=O)c1c[c-]c2c(c1C)OCC2.[B].[Y]. The van der Waals surface area contributed by atoms with Crippen molar-refractivity contribution in [1.82, 2.24) is 0 Å². The van der Waals surface area contributed by atoms with Crippen LogP contribution in [0.15, 0.2) is 6.07 Å². The average Bonchev–Trinajstić information content (AvgIpc) is 2.52. The Hall–Kier alpha value is -0.141. The molecule has 0 amide bonds. The molecule has 1 aromatic rings. The molecule has 4 heteroatoms. The van der Waals surface area contributed by atoms with Gasteiger partial charge in [0.2, 0.25) is 0 Å². The summed E-state index contributed by atoms with van der Waals surface area (Å²) in [6, 6.07) is 4.86. The Kier molecular flexibility index (Phi) is 5.76. The number of carbonyl (C=O) groups is 1. The smallest absolute Gasteiger partial charge is 0.106 e. The maximum Gasteiger partial charge on any atom is 0.106 e. The van der Waals surface area contributed by atoms with Crippen LogP contribution in [0.3, 0.4) is 0 Å². The molecule has 2 nitrogen and oxygen atoms in total. The second kappa shape index (κ2) is 5.81. The number of carbonyl (C=O) groups excluding carboxylic acids is 1. The monoisotopic (exact) mass is 275 g/mol. The second-order valence-electron chi connectivity index (χ2n) is 3.29. The standard InChI is InChI=1S/C11H11O2.B.Y/c1-7-10(8(2)12)4-3-9-5-6-13-11(7)9;;/h4H,5-6H2,1-2H3;;/q-1;;. The normalized spacial score (nSPS) is 11.9. The zero-order chi connectivity index (χ0) is 9.42. The van der Waals surface area contributed by atoms with Crippen LogP contribution in [-0.4, -0.2) is 20.8 Å². The topological polar surface area (TPSA) is 26.3 Å². The Bertz CT molecular complexity index is 377. The van der Waals surface area contributed by atoms with Crippen LogP contribution in [0.2, 0.25) is 0 Å². The van der Waals surface area contributed by atoms with Crippen LogP contribution in [-0.2, 0) is 39.1 Å². The number of ether oxygens (including phenoxy) is 1. The summed E-state index contributed by atoms with van der Waals surface area (Å²) < 4.78 is 5.44. The van der Waals surface area contributed by atoms with E-state index in [-0.39, 0.29) is 46.9 Å². The van der Waals surface area contributed by atoms with Crippen molar-refractivity contribution in [3.05, 3.63) is 28.8 Å². The van der Waals surface area contributed by atoms with Crippen LogP contribution in [0.25, 0.3) is 0 Å². The summed E-state index contributed by atoms with van der Waals surface area (Å²) in [5, 5.41) is 0. The summed E-state index contributed by atoms with van der Waals surface area (Å²) in [4.78, 5) is 11.2. The minimum absolute atomic E-state index is 0. The second-order valence-corrected chi connectivity index (χ2v) is 3.29. The third kappa shape index (κ3) is 2.70. The van der Waals surface area contributed by atoms with Crippen molar-refractivity contribution in [3.8, 4) is 5.75 Å². The Morgan fingerprint density at radius 1 is 1.53 bits per heavy atom. The number of hydrogen-bond acceptors (Lipinski definition) is 2. The Labute approximate surface area is 117 Å². The van der Waals surface area contributed by atoms with Gasteiger partial charge in [0.25, 0.3) is 0 Å². The number of hydrogen-bond donors (Lipinski definition) is 0. The number of benzene rings is 1. The summed E-state index contributed by atoms with van der Waals surface area (Å²) >= 11 is 0. The summed E-state index contributed by atoms with van der Waals surface area (Å²) in [5.41, 5.74) is 2.78. The molecule has 0 aromatic heterocycles. The Balaban J connectivity index is 0.000000980. The molecule has 1 aromatic carbocycles. The molecular weight excluding hydrogens is 264 g/mol. The third-order valence-corrected chi connectivity index (χ3v) is 2.39. The quantitative estimate of drug-likeness (QED) is 0.441. The van der Waals surface area contributed by atoms with E-state index < -0.39 is 0 Å². The van der Waals surface area contributed by atoms with Gasteiger partial charge in [0.1, 0.15) is 5.78 Å². The molecule has 0 bridgehead atoms. The molecule has 1 aliphatic heterocycles. The van der Waals surface area contributed by atoms with Gasteiger partial charge in [-0.2, -0.15) is 12.1 Å². The third-order valence-electron chi connectivity index (χ3n) is 2.39. The van der Waals surface area contributed by atoms with Gasteiger partial charge >= 0.3 is 0 Å². The molecule has 0 atom stereocenters. The van der Waals surface area contributed by atoms with Crippen molar-refractivity contribution in [2.24, 2.45) is 0 Å². The van der Waals surface area contributed by atoms with E-state index in [1.54, 1.807) is 13.0 Å². The van der Waals surface area contributed by atoms with Crippen LogP contribution in [0, 0.1) is 13.0 Å². The number of ketones is 1. The van der Waals surface area contributed by atoms with Crippen LogP contribution >= 0.6 is 0 Å². The predicted molar refractivity (Wildman–Crippen MR) is 55.0 cm³/mol. The molecule has 2 rings (SSSR count). The molecule has 15 heavy (non-hydrogen) atoms. The molecule has 4 radical (unpaired) electrons. The van der Waals surface area contributed by atoms with E-state index in [9.17, 15) is 4.79 Å². The molecule has 74 valence electrons. The molecule has 1 aliphatic rings. The Morgan fingerprint density at radius 2 is 2.20 bits per heavy atom. The number of fused-ring (bicyclic) bond motifs is 1. The van der Waals surface area contributed by atoms with E-state index in [0.717, 1.165) is 28.9 Å². The van der Waals surface area contributed by atoms with Gasteiger partial charge in [-0.25, -0.2) is 0 Å². The van der Waals surface area contributed by atoms with Gasteiger partial charge < -0.3 is 9.53 Å². The van der Waals surface area contributed by atoms with Crippen molar-refractivity contribution < 1.29 is 42.2 Å². The van der Waals surface area contributed by atoms with Crippen LogP contribution in [0.1, 0.15) is 28.4 Å². The van der Waals surface area contributed by atoms with Crippen molar-refractivity contribution in [3.63, 3.8) is 0 Å². The summed E-state index contributed by atoms with van der Waals surface area (Å²) in [6.07, 6.45) is 0.911. The first kappa shape index (κ1) is 14.9. The van der Waals surface area contributed by atoms with E-state index in [0.29, 0.717) is 6.61 Å². The molecule has 0 saturated carbocycles. The summed E-state index contributed by atoms with van der Waals surface area (Å²) in [6.45, 7) is 4.21. The maximum absolute atomic E-state index is 11.2. The van der Waals surface area contributed by atoms with E-state index in [1.807, 2.05) is 6.92 Å². The molecule has 1 heterocycles. The molecule has 0 aliphatic carbocycles. The molecule has 0 spiro atoms. The molecular formula is C11H11BO2Y-. The minimum atomic E-state index is 0. The van der Waals surface area contributed by atoms with Crippen LogP contribution in [0.4, 0.5) is 0 Å². The van der Waals surface area contributed by atoms with Crippen molar-refractivity contribution in [1.29, 1.82) is 0 Å². The van der Waals surface area contributed by atoms with Gasteiger partial charge in [-0.05, 0) is 13.3 Å². The molecule has 0 unspecified atom stereocenters. The first-order chi connectivity index (χ1) is 6.20. The molecule has 0 N–H and O–H groups in total. The van der Waals surface area contributed by atoms with Gasteiger partial charge in [-0.1, -0.05) is 12.5 Å². The van der Waals surface area contributed by atoms with Crippen molar-refractivity contribution >= 4 is 14.2 Å². The first-order valence-electron chi connectivity index (χ1n) is 4.38. The van der Waals surface area contributed by atoms with Gasteiger partial charge in [-0.3, -0.25) is 0 Å². The number of rotatable bonds is 1. The van der Waals surface area contributed by atoms with E-state index in [2.05, 4.69) is 6.07 Å². The zero-order valence-electron chi connectivity index (χ0n) is 8.96. The van der Waals surface area contributed by atoms with Gasteiger partial charge in [0.05, 0.1) is 6.61 Å². The number of Topliss-reactive ketones (excluding diaryl/α,β-unsaturated/α-hetero) is 1. The average molecular weight is 275 g/mol. The predicted octanol–water partition coefficient (Wildman–Crippen LogP) is 1.55. The first-order valence-corrected chi connectivity index (χ1v) is 4.38. The van der Waals surface area contributed by atoms with Crippen LogP contribution < -0.4 is 4.74 Å². The summed E-state index contributed by atoms with van der Waals surface area (Å²) in [7, 11) is 0. The fourth-order valence-corrected chi connectivity index (χ4v) is 1.68. The van der Waals surface area contributed by atoms with Gasteiger partial charge in [0, 0.05) is 46.9 Å². The minimum Gasteiger partial charge on any atom is -0.550 e. The Morgan fingerprint density at radius 3 is 2.80 bits per heavy atom. The fourth-order valence-electron chi connectivity index (χ4n) is 1.68. The molecule has 0 fully saturated rings. The van der Waals surface area contributed by atoms with Crippen molar-refractivity contribution in [2.45, 2.75) is 20.3 Å². The largest absolute Gasteiger partial charge is 0.550 e. The maximum atomic E-state index is 11.2. The fraction of sp³-hybridized carbons (Fsp3) is 0.364. The van der Waals surface area contributed by atoms with E-state index in [1.165, 1.54) is 0 Å². The van der Waals surface area contributed by atoms with Gasteiger partial charge in [-0.15, -0.1) is 11.1 Å². The van der Waals surface area contributed by atoms with Crippen LogP contribution in [0.5, 0.6) is 5.75 Å². The van der Waals surface area contributed by atoms with Crippen molar-refractivity contribution in [2.75, 3.05) is 6.61 Å². The zero-order valence-corrected chi connectivity index (χ0v) is 11.8. The molecule has 0 saturated heterocycles.